The molecule has 2 aromatic carbocycles. The minimum Gasteiger partial charge on any atom is -0.507 e. The molecule has 0 aliphatic heterocycles. The highest BCUT2D eigenvalue weighted by Crippen LogP contribution is 2.30. The van der Waals surface area contributed by atoms with Gasteiger partial charge in [-0.1, -0.05) is 24.3 Å². The molecule has 0 aromatic heterocycles. The van der Waals surface area contributed by atoms with Crippen LogP contribution in [-0.2, 0) is 9.47 Å². The van der Waals surface area contributed by atoms with Gasteiger partial charge < -0.3 is 24.8 Å². The van der Waals surface area contributed by atoms with Gasteiger partial charge in [-0.25, -0.2) is 4.79 Å². The van der Waals surface area contributed by atoms with Crippen molar-refractivity contribution < 1.29 is 29.6 Å². The van der Waals surface area contributed by atoms with Crippen molar-refractivity contribution in [1.82, 2.24) is 0 Å². The highest BCUT2D eigenvalue weighted by Gasteiger charge is 2.14. The molecule has 0 heterocycles. The maximum Gasteiger partial charge on any atom is 0.338 e. The van der Waals surface area contributed by atoms with Gasteiger partial charge in [-0.2, -0.15) is 0 Å². The highest BCUT2D eigenvalue weighted by molar-refractivity contribution is 6.01. The third kappa shape index (κ3) is 4.92. The average Bonchev–Trinajstić information content (AvgIpc) is 2.58. The van der Waals surface area contributed by atoms with Gasteiger partial charge in [0.05, 0.1) is 25.9 Å². The molecule has 1 atom stereocenters. The molecule has 3 N–H and O–H groups in total. The van der Waals surface area contributed by atoms with Crippen LogP contribution in [0.4, 0.5) is 0 Å². The minimum atomic E-state index is -0.718. The van der Waals surface area contributed by atoms with E-state index < -0.39 is 12.1 Å². The number of carbonyl (C=O) groups is 1. The van der Waals surface area contributed by atoms with E-state index in [9.17, 15) is 9.90 Å². The van der Waals surface area contributed by atoms with E-state index in [1.807, 2.05) is 31.2 Å². The van der Waals surface area contributed by atoms with Gasteiger partial charge in [0.25, 0.3) is 0 Å². The van der Waals surface area contributed by atoms with Gasteiger partial charge in [0.2, 0.25) is 0 Å². The summed E-state index contributed by atoms with van der Waals surface area (Å²) in [5.74, 6) is -0.333. The van der Waals surface area contributed by atoms with Crippen LogP contribution in [0.3, 0.4) is 0 Å². The lowest BCUT2D eigenvalue weighted by Crippen LogP contribution is -2.17. The Morgan fingerprint density at radius 2 is 1.83 bits per heavy atom. The summed E-state index contributed by atoms with van der Waals surface area (Å²) in [6.45, 7) is 1.82. The molecule has 0 spiro atoms. The van der Waals surface area contributed by atoms with Crippen molar-refractivity contribution in [3.8, 4) is 5.75 Å². The quantitative estimate of drug-likeness (QED) is 0.740. The van der Waals surface area contributed by atoms with Crippen molar-refractivity contribution in [2.24, 2.45) is 0 Å². The molecule has 126 valence electrons. The lowest BCUT2D eigenvalue weighted by Gasteiger charge is -2.09. The van der Waals surface area contributed by atoms with E-state index in [2.05, 4.69) is 9.47 Å². The number of methoxy groups -OCH3 is 2. The second kappa shape index (κ2) is 9.09. The van der Waals surface area contributed by atoms with Crippen LogP contribution in [0.25, 0.3) is 10.8 Å². The second-order valence-electron chi connectivity index (χ2n) is 4.90. The fourth-order valence-corrected chi connectivity index (χ4v) is 2.07. The van der Waals surface area contributed by atoms with Crippen LogP contribution in [0.15, 0.2) is 30.3 Å². The molecule has 2 aromatic rings. The van der Waals surface area contributed by atoms with Crippen molar-refractivity contribution in [2.75, 3.05) is 27.4 Å². The molecule has 1 unspecified atom stereocenters. The number of aliphatic hydroxyl groups is 2. The van der Waals surface area contributed by atoms with E-state index in [1.54, 1.807) is 0 Å². The summed E-state index contributed by atoms with van der Waals surface area (Å²) >= 11 is 0. The van der Waals surface area contributed by atoms with Crippen molar-refractivity contribution >= 4 is 16.7 Å². The number of phenolic OH excluding ortho intramolecular Hbond substituents is 1. The van der Waals surface area contributed by atoms with Crippen molar-refractivity contribution in [1.29, 1.82) is 0 Å². The Balaban J connectivity index is 0.000000322. The van der Waals surface area contributed by atoms with Gasteiger partial charge in [-0.05, 0) is 23.9 Å². The molecule has 2 rings (SSSR count). The first kappa shape index (κ1) is 18.9. The van der Waals surface area contributed by atoms with Gasteiger partial charge in [0, 0.05) is 12.5 Å². The molecule has 0 bridgehead atoms. The molecule has 0 saturated carbocycles. The van der Waals surface area contributed by atoms with Gasteiger partial charge in [-0.15, -0.1) is 0 Å². The summed E-state index contributed by atoms with van der Waals surface area (Å²) in [5, 5.41) is 28.0. The first-order valence-corrected chi connectivity index (χ1v) is 7.03. The molecule has 6 nitrogen and oxygen atoms in total. The van der Waals surface area contributed by atoms with Crippen LogP contribution in [0.2, 0.25) is 0 Å². The largest absolute Gasteiger partial charge is 0.507 e. The second-order valence-corrected chi connectivity index (χ2v) is 4.90. The Bertz CT molecular complexity index is 653. The van der Waals surface area contributed by atoms with E-state index in [4.69, 9.17) is 10.2 Å². The minimum absolute atomic E-state index is 0.0987. The van der Waals surface area contributed by atoms with Gasteiger partial charge >= 0.3 is 5.97 Å². The molecule has 0 radical (unpaired) electrons. The molecule has 0 aliphatic rings. The Morgan fingerprint density at radius 1 is 1.22 bits per heavy atom. The normalized spacial score (nSPS) is 11.5. The summed E-state index contributed by atoms with van der Waals surface area (Å²) < 4.78 is 9.16. The third-order valence-electron chi connectivity index (χ3n) is 3.27. The molecule has 0 fully saturated rings. The summed E-state index contributed by atoms with van der Waals surface area (Å²) in [6, 6.07) is 8.86. The van der Waals surface area contributed by atoms with E-state index >= 15 is 0 Å². The fourth-order valence-electron chi connectivity index (χ4n) is 2.07. The van der Waals surface area contributed by atoms with Gasteiger partial charge in [0.1, 0.15) is 11.9 Å². The number of fused-ring (bicyclic) bond motifs is 1. The molecule has 0 aliphatic carbocycles. The zero-order chi connectivity index (χ0) is 17.4. The third-order valence-corrected chi connectivity index (χ3v) is 3.27. The Labute approximate surface area is 134 Å². The lowest BCUT2D eigenvalue weighted by molar-refractivity contribution is 0.0254. The first-order valence-electron chi connectivity index (χ1n) is 7.03. The standard InChI is InChI=1S/C13H12O3.C4H10O3/c1-8-9-5-3-4-6-10(9)12(14)7-11(8)13(15)16-2;1-7-3-4(6)2-5/h3-7,14H,1-2H3;4-6H,2-3H2,1H3. The van der Waals surface area contributed by atoms with Crippen LogP contribution >= 0.6 is 0 Å². The summed E-state index contributed by atoms with van der Waals surface area (Å²) in [5.41, 5.74) is 1.22. The number of benzene rings is 2. The van der Waals surface area contributed by atoms with Crippen molar-refractivity contribution in [3.05, 3.63) is 41.5 Å². The van der Waals surface area contributed by atoms with E-state index in [0.29, 0.717) is 5.56 Å². The Kier molecular flexibility index (Phi) is 7.47. The maximum absolute atomic E-state index is 11.5. The molecule has 6 heteroatoms. The van der Waals surface area contributed by atoms with Gasteiger partial charge in [0.15, 0.2) is 0 Å². The SMILES string of the molecule is COC(=O)c1cc(O)c2ccccc2c1C.COCC(O)CO. The number of hydrogen-bond donors (Lipinski definition) is 3. The van der Waals surface area contributed by atoms with Crippen LogP contribution in [-0.4, -0.2) is 54.8 Å². The topological polar surface area (TPSA) is 96.2 Å². The highest BCUT2D eigenvalue weighted by atomic mass is 16.5. The van der Waals surface area contributed by atoms with Crippen LogP contribution in [0.1, 0.15) is 15.9 Å². The molecule has 23 heavy (non-hydrogen) atoms. The first-order chi connectivity index (χ1) is 11.0. The molecule has 0 amide bonds. The van der Waals surface area contributed by atoms with Crippen molar-refractivity contribution in [3.63, 3.8) is 0 Å². The molecular formula is C17H22O6. The van der Waals surface area contributed by atoms with Crippen molar-refractivity contribution in [2.45, 2.75) is 13.0 Å². The zero-order valence-corrected chi connectivity index (χ0v) is 13.4. The van der Waals surface area contributed by atoms with E-state index in [0.717, 1.165) is 16.3 Å². The zero-order valence-electron chi connectivity index (χ0n) is 13.4. The number of esters is 1. The van der Waals surface area contributed by atoms with Crippen LogP contribution < -0.4 is 0 Å². The summed E-state index contributed by atoms with van der Waals surface area (Å²) in [4.78, 5) is 11.5. The number of hydrogen-bond acceptors (Lipinski definition) is 6. The molecular weight excluding hydrogens is 300 g/mol. The smallest absolute Gasteiger partial charge is 0.338 e. The number of rotatable bonds is 4. The number of aromatic hydroxyl groups is 1. The number of ether oxygens (including phenoxy) is 2. The van der Waals surface area contributed by atoms with Gasteiger partial charge in [-0.3, -0.25) is 0 Å². The molecule has 0 saturated heterocycles. The van der Waals surface area contributed by atoms with Crippen LogP contribution in [0, 0.1) is 6.92 Å². The monoisotopic (exact) mass is 322 g/mol. The predicted molar refractivity (Wildman–Crippen MR) is 86.7 cm³/mol. The summed E-state index contributed by atoms with van der Waals surface area (Å²) in [6.07, 6.45) is -0.718. The van der Waals surface area contributed by atoms with E-state index in [1.165, 1.54) is 20.3 Å². The maximum atomic E-state index is 11.5. The number of phenols is 1. The Morgan fingerprint density at radius 3 is 2.30 bits per heavy atom. The lowest BCUT2D eigenvalue weighted by atomic mass is 9.99. The average molecular weight is 322 g/mol. The number of carbonyl (C=O) groups excluding carboxylic acids is 1. The predicted octanol–water partition coefficient (Wildman–Crippen LogP) is 1.63. The van der Waals surface area contributed by atoms with E-state index in [-0.39, 0.29) is 19.0 Å². The fraction of sp³-hybridized carbons (Fsp3) is 0.353. The number of aliphatic hydroxyl groups excluding tert-OH is 2. The van der Waals surface area contributed by atoms with Crippen LogP contribution in [0.5, 0.6) is 5.75 Å². The summed E-state index contributed by atoms with van der Waals surface area (Å²) in [7, 11) is 2.80. The number of aryl methyl sites for hydroxylation is 1. The Hall–Kier alpha value is -2.15.